The minimum absolute atomic E-state index is 0.510. The van der Waals surface area contributed by atoms with Crippen LogP contribution in [0.25, 0.3) is 0 Å². The van der Waals surface area contributed by atoms with Crippen LogP contribution in [-0.2, 0) is 13.1 Å². The molecule has 0 aromatic carbocycles. The molecule has 0 radical (unpaired) electrons. The average molecular weight is 293 g/mol. The second-order valence-corrected chi connectivity index (χ2v) is 6.90. The van der Waals surface area contributed by atoms with Crippen LogP contribution in [0.3, 0.4) is 0 Å². The highest BCUT2D eigenvalue weighted by molar-refractivity contribution is 5.12. The first kappa shape index (κ1) is 16.5. The first-order valence-electron chi connectivity index (χ1n) is 8.19. The third-order valence-electron chi connectivity index (χ3n) is 4.26. The summed E-state index contributed by atoms with van der Waals surface area (Å²) in [6, 6.07) is 2.69. The van der Waals surface area contributed by atoms with Crippen molar-refractivity contribution in [3.05, 3.63) is 23.7 Å². The van der Waals surface area contributed by atoms with Gasteiger partial charge in [-0.3, -0.25) is 4.90 Å². The molecule has 0 aliphatic carbocycles. The monoisotopic (exact) mass is 293 g/mol. The van der Waals surface area contributed by atoms with Gasteiger partial charge >= 0.3 is 0 Å². The Morgan fingerprint density at radius 1 is 1.38 bits per heavy atom. The lowest BCUT2D eigenvalue weighted by molar-refractivity contribution is 0.168. The Labute approximate surface area is 129 Å². The van der Waals surface area contributed by atoms with Gasteiger partial charge in [0, 0.05) is 24.7 Å². The average Bonchev–Trinajstić information content (AvgIpc) is 2.86. The Bertz CT molecular complexity index is 408. The Kier molecular flexibility index (Phi) is 6.27. The molecule has 1 aliphatic rings. The number of likely N-dealkylation sites (tertiary alicyclic amines) is 1. The summed E-state index contributed by atoms with van der Waals surface area (Å²) in [7, 11) is 4.42. The van der Waals surface area contributed by atoms with Gasteiger partial charge in [0.25, 0.3) is 0 Å². The van der Waals surface area contributed by atoms with Crippen molar-refractivity contribution < 1.29 is 4.42 Å². The summed E-state index contributed by atoms with van der Waals surface area (Å²) in [6.45, 7) is 9.78. The fourth-order valence-corrected chi connectivity index (χ4v) is 2.94. The Morgan fingerprint density at radius 2 is 2.10 bits per heavy atom. The zero-order valence-corrected chi connectivity index (χ0v) is 14.1. The van der Waals surface area contributed by atoms with E-state index in [0.29, 0.717) is 6.04 Å². The highest BCUT2D eigenvalue weighted by Crippen LogP contribution is 2.18. The molecular weight excluding hydrogens is 262 g/mol. The zero-order chi connectivity index (χ0) is 15.2. The van der Waals surface area contributed by atoms with Crippen LogP contribution in [0.1, 0.15) is 38.0 Å². The molecule has 4 heteroatoms. The molecule has 0 spiro atoms. The molecule has 0 unspecified atom stereocenters. The van der Waals surface area contributed by atoms with Crippen molar-refractivity contribution in [2.45, 2.75) is 45.8 Å². The number of rotatable bonds is 7. The van der Waals surface area contributed by atoms with Crippen LogP contribution in [0.15, 0.2) is 16.7 Å². The molecule has 0 saturated carbocycles. The summed E-state index contributed by atoms with van der Waals surface area (Å²) in [5.41, 5.74) is 1.24. The van der Waals surface area contributed by atoms with Crippen molar-refractivity contribution in [2.24, 2.45) is 5.92 Å². The van der Waals surface area contributed by atoms with Gasteiger partial charge in [-0.2, -0.15) is 0 Å². The predicted octanol–water partition coefficient (Wildman–Crippen LogP) is 2.55. The number of hydrogen-bond acceptors (Lipinski definition) is 4. The van der Waals surface area contributed by atoms with Crippen LogP contribution in [0.5, 0.6) is 0 Å². The molecule has 1 fully saturated rings. The van der Waals surface area contributed by atoms with Crippen molar-refractivity contribution in [2.75, 3.05) is 33.7 Å². The maximum Gasteiger partial charge on any atom is 0.118 e. The third-order valence-corrected chi connectivity index (χ3v) is 4.26. The van der Waals surface area contributed by atoms with Crippen LogP contribution < -0.4 is 5.32 Å². The van der Waals surface area contributed by atoms with Crippen molar-refractivity contribution in [3.63, 3.8) is 0 Å². The van der Waals surface area contributed by atoms with E-state index < -0.39 is 0 Å². The summed E-state index contributed by atoms with van der Waals surface area (Å²) >= 11 is 0. The van der Waals surface area contributed by atoms with Gasteiger partial charge in [-0.1, -0.05) is 13.8 Å². The van der Waals surface area contributed by atoms with E-state index in [1.54, 1.807) is 0 Å². The van der Waals surface area contributed by atoms with Crippen molar-refractivity contribution in [1.82, 2.24) is 15.1 Å². The van der Waals surface area contributed by atoms with Crippen LogP contribution in [0.4, 0.5) is 0 Å². The largest absolute Gasteiger partial charge is 0.468 e. The minimum Gasteiger partial charge on any atom is -0.468 e. The second kappa shape index (κ2) is 7.97. The van der Waals surface area contributed by atoms with Gasteiger partial charge in [-0.05, 0) is 52.0 Å². The highest BCUT2D eigenvalue weighted by Gasteiger charge is 2.18. The summed E-state index contributed by atoms with van der Waals surface area (Å²) < 4.78 is 5.68. The molecule has 0 bridgehead atoms. The molecule has 4 nitrogen and oxygen atoms in total. The summed E-state index contributed by atoms with van der Waals surface area (Å²) in [5.74, 6) is 1.91. The maximum absolute atomic E-state index is 5.68. The molecule has 1 N–H and O–H groups in total. The second-order valence-electron chi connectivity index (χ2n) is 6.90. The summed E-state index contributed by atoms with van der Waals surface area (Å²) in [5, 5.41) is 3.42. The lowest BCUT2D eigenvalue weighted by atomic mass is 9.97. The Hall–Kier alpha value is -0.840. The van der Waals surface area contributed by atoms with Crippen LogP contribution in [0, 0.1) is 5.92 Å². The fraction of sp³-hybridized carbons (Fsp3) is 0.765. The lowest BCUT2D eigenvalue weighted by Gasteiger charge is -2.31. The predicted molar refractivity (Wildman–Crippen MR) is 87.2 cm³/mol. The van der Waals surface area contributed by atoms with Crippen molar-refractivity contribution >= 4 is 0 Å². The topological polar surface area (TPSA) is 31.7 Å². The van der Waals surface area contributed by atoms with E-state index in [2.05, 4.69) is 49.1 Å². The normalized spacial score (nSPS) is 18.0. The van der Waals surface area contributed by atoms with Gasteiger partial charge in [-0.15, -0.1) is 0 Å². The molecule has 21 heavy (non-hydrogen) atoms. The fourth-order valence-electron chi connectivity index (χ4n) is 2.94. The van der Waals surface area contributed by atoms with Gasteiger partial charge < -0.3 is 14.6 Å². The van der Waals surface area contributed by atoms with E-state index in [1.165, 1.54) is 38.0 Å². The number of nitrogens with one attached hydrogen (secondary N) is 1. The van der Waals surface area contributed by atoms with E-state index in [9.17, 15) is 0 Å². The van der Waals surface area contributed by atoms with Crippen molar-refractivity contribution in [3.8, 4) is 0 Å². The molecule has 0 atom stereocenters. The molecule has 1 saturated heterocycles. The van der Waals surface area contributed by atoms with Crippen LogP contribution in [-0.4, -0.2) is 49.6 Å². The quantitative estimate of drug-likeness (QED) is 0.837. The molecular formula is C17H31N3O. The first-order chi connectivity index (χ1) is 10.0. The molecule has 0 amide bonds. The van der Waals surface area contributed by atoms with E-state index in [1.807, 2.05) is 6.26 Å². The summed E-state index contributed by atoms with van der Waals surface area (Å²) in [6.07, 6.45) is 4.53. The van der Waals surface area contributed by atoms with E-state index >= 15 is 0 Å². The smallest absolute Gasteiger partial charge is 0.118 e. The number of hydrogen-bond donors (Lipinski definition) is 1. The van der Waals surface area contributed by atoms with Gasteiger partial charge in [0.05, 0.1) is 12.8 Å². The van der Waals surface area contributed by atoms with Gasteiger partial charge in [0.2, 0.25) is 0 Å². The highest BCUT2D eigenvalue weighted by atomic mass is 16.3. The van der Waals surface area contributed by atoms with Crippen LogP contribution in [0.2, 0.25) is 0 Å². The molecule has 1 aromatic heterocycles. The molecule has 1 aromatic rings. The lowest BCUT2D eigenvalue weighted by Crippen LogP contribution is -2.35. The number of piperidine rings is 1. The van der Waals surface area contributed by atoms with Gasteiger partial charge in [-0.25, -0.2) is 0 Å². The van der Waals surface area contributed by atoms with Gasteiger partial charge in [0.15, 0.2) is 0 Å². The van der Waals surface area contributed by atoms with E-state index in [4.69, 9.17) is 4.42 Å². The molecule has 1 aliphatic heterocycles. The molecule has 120 valence electrons. The Morgan fingerprint density at radius 3 is 2.76 bits per heavy atom. The van der Waals surface area contributed by atoms with Crippen molar-refractivity contribution in [1.29, 1.82) is 0 Å². The molecule has 2 heterocycles. The molecule has 2 rings (SSSR count). The maximum atomic E-state index is 5.68. The SMILES string of the molecule is CC(C)NCc1coc(CN(C)CC2CCN(C)CC2)c1. The van der Waals surface area contributed by atoms with Crippen LogP contribution >= 0.6 is 0 Å². The number of furan rings is 1. The Balaban J connectivity index is 1.73. The first-order valence-corrected chi connectivity index (χ1v) is 8.19. The third kappa shape index (κ3) is 5.81. The van der Waals surface area contributed by atoms with E-state index in [0.717, 1.165) is 24.8 Å². The standard InChI is InChI=1S/C17H31N3O/c1-14(2)18-10-16-9-17(21-13-16)12-20(4)11-15-5-7-19(3)8-6-15/h9,13-15,18H,5-8,10-12H2,1-4H3. The number of nitrogens with zero attached hydrogens (tertiary/aromatic N) is 2. The minimum atomic E-state index is 0.510. The summed E-state index contributed by atoms with van der Waals surface area (Å²) in [4.78, 5) is 4.82. The van der Waals surface area contributed by atoms with Gasteiger partial charge in [0.1, 0.15) is 5.76 Å². The van der Waals surface area contributed by atoms with E-state index in [-0.39, 0.29) is 0 Å². The zero-order valence-electron chi connectivity index (χ0n) is 14.1.